The Morgan fingerprint density at radius 3 is 2.74 bits per heavy atom. The zero-order valence-electron chi connectivity index (χ0n) is 11.5. The number of nitrogens with one attached hydrogen (secondary N) is 1. The van der Waals surface area contributed by atoms with Gasteiger partial charge in [0.25, 0.3) is 5.56 Å². The van der Waals surface area contributed by atoms with E-state index in [1.165, 1.54) is 6.33 Å². The van der Waals surface area contributed by atoms with E-state index in [1.807, 2.05) is 0 Å². The highest BCUT2D eigenvalue weighted by Crippen LogP contribution is 2.14. The van der Waals surface area contributed by atoms with E-state index in [-0.39, 0.29) is 5.56 Å². The first-order valence-electron chi connectivity index (χ1n) is 6.98. The van der Waals surface area contributed by atoms with Gasteiger partial charge in [-0.15, -0.1) is 0 Å². The van der Waals surface area contributed by atoms with E-state index in [9.17, 15) is 4.79 Å². The van der Waals surface area contributed by atoms with Gasteiger partial charge in [-0.2, -0.15) is 0 Å². The molecule has 19 heavy (non-hydrogen) atoms. The average molecular weight is 265 g/mol. The minimum absolute atomic E-state index is 0.0988. The number of rotatable bonds is 5. The van der Waals surface area contributed by atoms with E-state index in [1.54, 1.807) is 6.07 Å². The van der Waals surface area contributed by atoms with Crippen LogP contribution >= 0.6 is 0 Å². The fraction of sp³-hybridized carbons (Fsp3) is 0.692. The molecular weight excluding hydrogens is 242 g/mol. The van der Waals surface area contributed by atoms with E-state index in [0.29, 0.717) is 6.04 Å². The number of hydrogen-bond acceptors (Lipinski definition) is 5. The molecular formula is C13H23N5O. The van der Waals surface area contributed by atoms with Crippen LogP contribution < -0.4 is 16.2 Å². The van der Waals surface area contributed by atoms with Crippen LogP contribution in [-0.4, -0.2) is 53.6 Å². The van der Waals surface area contributed by atoms with Crippen molar-refractivity contribution in [3.63, 3.8) is 0 Å². The highest BCUT2D eigenvalue weighted by Gasteiger charge is 2.23. The minimum Gasteiger partial charge on any atom is -0.354 e. The summed E-state index contributed by atoms with van der Waals surface area (Å²) in [7, 11) is 0. The van der Waals surface area contributed by atoms with Crippen molar-refractivity contribution in [2.24, 2.45) is 5.73 Å². The third-order valence-electron chi connectivity index (χ3n) is 3.71. The highest BCUT2D eigenvalue weighted by atomic mass is 16.1. The highest BCUT2D eigenvalue weighted by molar-refractivity contribution is 5.37. The van der Waals surface area contributed by atoms with Crippen LogP contribution in [0, 0.1) is 0 Å². The van der Waals surface area contributed by atoms with Gasteiger partial charge in [-0.25, -0.2) is 4.98 Å². The molecule has 2 heterocycles. The molecule has 2 rings (SSSR count). The average Bonchev–Trinajstić information content (AvgIpc) is 2.45. The van der Waals surface area contributed by atoms with Crippen molar-refractivity contribution in [2.45, 2.75) is 25.8 Å². The Morgan fingerprint density at radius 2 is 2.16 bits per heavy atom. The van der Waals surface area contributed by atoms with Gasteiger partial charge in [0.15, 0.2) is 0 Å². The molecule has 1 aromatic heterocycles. The molecule has 1 fully saturated rings. The molecule has 0 radical (unpaired) electrons. The van der Waals surface area contributed by atoms with Gasteiger partial charge in [0, 0.05) is 44.8 Å². The number of aromatic amines is 1. The monoisotopic (exact) mass is 265 g/mol. The predicted octanol–water partition coefficient (Wildman–Crippen LogP) is 0.0193. The van der Waals surface area contributed by atoms with Crippen molar-refractivity contribution in [2.75, 3.05) is 37.6 Å². The Bertz CT molecular complexity index is 439. The normalized spacial score (nSPS) is 18.5. The van der Waals surface area contributed by atoms with Gasteiger partial charge >= 0.3 is 0 Å². The molecule has 106 valence electrons. The fourth-order valence-corrected chi connectivity index (χ4v) is 2.63. The summed E-state index contributed by atoms with van der Waals surface area (Å²) in [6, 6.07) is 2.04. The molecule has 0 bridgehead atoms. The summed E-state index contributed by atoms with van der Waals surface area (Å²) in [5.74, 6) is 0.767. The van der Waals surface area contributed by atoms with Gasteiger partial charge in [0.2, 0.25) is 0 Å². The number of hydrogen-bond donors (Lipinski definition) is 2. The van der Waals surface area contributed by atoms with Crippen LogP contribution in [0.15, 0.2) is 17.2 Å². The molecule has 0 amide bonds. The van der Waals surface area contributed by atoms with Crippen molar-refractivity contribution < 1.29 is 0 Å². The zero-order valence-corrected chi connectivity index (χ0v) is 11.5. The first kappa shape index (κ1) is 14.0. The lowest BCUT2D eigenvalue weighted by Crippen LogP contribution is -2.52. The molecule has 0 aliphatic carbocycles. The van der Waals surface area contributed by atoms with Gasteiger partial charge in [0.05, 0.1) is 6.33 Å². The fourth-order valence-electron chi connectivity index (χ4n) is 2.63. The second kappa shape index (κ2) is 6.68. The Labute approximate surface area is 113 Å². The second-order valence-electron chi connectivity index (χ2n) is 4.97. The summed E-state index contributed by atoms with van der Waals surface area (Å²) in [6.45, 7) is 6.68. The lowest BCUT2D eigenvalue weighted by Gasteiger charge is -2.39. The molecule has 1 aromatic rings. The van der Waals surface area contributed by atoms with Gasteiger partial charge in [-0.05, 0) is 6.42 Å². The lowest BCUT2D eigenvalue weighted by atomic mass is 10.1. The first-order chi connectivity index (χ1) is 9.24. The summed E-state index contributed by atoms with van der Waals surface area (Å²) in [5, 5.41) is 0. The number of anilines is 1. The largest absolute Gasteiger partial charge is 0.354 e. The summed E-state index contributed by atoms with van der Waals surface area (Å²) in [4.78, 5) is 22.7. The van der Waals surface area contributed by atoms with E-state index >= 15 is 0 Å². The van der Waals surface area contributed by atoms with Gasteiger partial charge in [-0.3, -0.25) is 9.69 Å². The molecule has 6 nitrogen and oxygen atoms in total. The Kier molecular flexibility index (Phi) is 4.93. The molecule has 3 N–H and O–H groups in total. The van der Waals surface area contributed by atoms with E-state index in [0.717, 1.165) is 51.4 Å². The van der Waals surface area contributed by atoms with E-state index in [2.05, 4.69) is 26.7 Å². The quantitative estimate of drug-likeness (QED) is 0.784. The molecule has 0 spiro atoms. The number of H-pyrrole nitrogens is 1. The van der Waals surface area contributed by atoms with Crippen molar-refractivity contribution in [1.29, 1.82) is 0 Å². The molecule has 1 aliphatic heterocycles. The maximum absolute atomic E-state index is 11.3. The SMILES string of the molecule is CCCC(CN)N1CCN(c2cc(=O)[nH]cn2)CC1. The molecule has 1 saturated heterocycles. The lowest BCUT2D eigenvalue weighted by molar-refractivity contribution is 0.179. The molecule has 1 aliphatic rings. The van der Waals surface area contributed by atoms with Crippen LogP contribution in [0.4, 0.5) is 5.82 Å². The van der Waals surface area contributed by atoms with Gasteiger partial charge < -0.3 is 15.6 Å². The smallest absolute Gasteiger partial charge is 0.252 e. The Morgan fingerprint density at radius 1 is 1.42 bits per heavy atom. The van der Waals surface area contributed by atoms with Gasteiger partial charge in [0.1, 0.15) is 5.82 Å². The molecule has 0 aromatic carbocycles. The second-order valence-corrected chi connectivity index (χ2v) is 4.97. The van der Waals surface area contributed by atoms with Crippen molar-refractivity contribution in [3.8, 4) is 0 Å². The number of piperazine rings is 1. The standard InChI is InChI=1S/C13H23N5O/c1-2-3-11(9-14)17-4-6-18(7-5-17)12-8-13(19)16-10-15-12/h8,10-11H,2-7,9,14H2,1H3,(H,15,16,19). The molecule has 1 atom stereocenters. The number of nitrogens with zero attached hydrogens (tertiary/aromatic N) is 3. The molecule has 1 unspecified atom stereocenters. The number of nitrogens with two attached hydrogens (primary N) is 1. The number of aromatic nitrogens is 2. The van der Waals surface area contributed by atoms with Gasteiger partial charge in [-0.1, -0.05) is 13.3 Å². The van der Waals surface area contributed by atoms with Crippen LogP contribution in [0.1, 0.15) is 19.8 Å². The van der Waals surface area contributed by atoms with Crippen LogP contribution in [0.2, 0.25) is 0 Å². The Balaban J connectivity index is 1.93. The Hall–Kier alpha value is -1.40. The molecule has 0 saturated carbocycles. The van der Waals surface area contributed by atoms with E-state index in [4.69, 9.17) is 5.73 Å². The predicted molar refractivity (Wildman–Crippen MR) is 76.4 cm³/mol. The van der Waals surface area contributed by atoms with Crippen molar-refractivity contribution in [3.05, 3.63) is 22.7 Å². The van der Waals surface area contributed by atoms with Crippen LogP contribution in [0.3, 0.4) is 0 Å². The summed E-state index contributed by atoms with van der Waals surface area (Å²) in [5.41, 5.74) is 5.74. The minimum atomic E-state index is -0.0988. The third-order valence-corrected chi connectivity index (χ3v) is 3.71. The third kappa shape index (κ3) is 3.54. The summed E-state index contributed by atoms with van der Waals surface area (Å²) < 4.78 is 0. The summed E-state index contributed by atoms with van der Waals surface area (Å²) in [6.07, 6.45) is 3.78. The van der Waals surface area contributed by atoms with E-state index < -0.39 is 0 Å². The first-order valence-corrected chi connectivity index (χ1v) is 6.98. The summed E-state index contributed by atoms with van der Waals surface area (Å²) >= 11 is 0. The van der Waals surface area contributed by atoms with Crippen LogP contribution in [-0.2, 0) is 0 Å². The molecule has 6 heteroatoms. The van der Waals surface area contributed by atoms with Crippen molar-refractivity contribution >= 4 is 5.82 Å². The van der Waals surface area contributed by atoms with Crippen molar-refractivity contribution in [1.82, 2.24) is 14.9 Å². The maximum atomic E-state index is 11.3. The zero-order chi connectivity index (χ0) is 13.7. The van der Waals surface area contributed by atoms with Crippen LogP contribution in [0.25, 0.3) is 0 Å². The van der Waals surface area contributed by atoms with Crippen LogP contribution in [0.5, 0.6) is 0 Å². The topological polar surface area (TPSA) is 78.2 Å². The maximum Gasteiger partial charge on any atom is 0.252 e.